The molecule has 0 atom stereocenters. The van der Waals surface area contributed by atoms with Gasteiger partial charge >= 0.3 is 11.9 Å². The number of nitrogens with zero attached hydrogens (tertiary/aromatic N) is 2. The largest absolute Gasteiger partial charge is 0.464 e. The molecule has 0 spiro atoms. The van der Waals surface area contributed by atoms with Crippen molar-refractivity contribution in [3.8, 4) is 0 Å². The summed E-state index contributed by atoms with van der Waals surface area (Å²) in [7, 11) is 0. The van der Waals surface area contributed by atoms with Gasteiger partial charge in [-0.3, -0.25) is 9.59 Å². The number of rotatable bonds is 11. The zero-order valence-corrected chi connectivity index (χ0v) is 17.6. The molecule has 7 heteroatoms. The van der Waals surface area contributed by atoms with Crippen molar-refractivity contribution < 1.29 is 23.6 Å². The van der Waals surface area contributed by atoms with Crippen LogP contribution in [0.2, 0.25) is 0 Å². The number of ether oxygens (including phenoxy) is 2. The third-order valence-electron chi connectivity index (χ3n) is 4.38. The Balaban J connectivity index is 2.07. The second-order valence-electron chi connectivity index (χ2n) is 6.70. The molecule has 0 aliphatic heterocycles. The first-order chi connectivity index (χ1) is 14.5. The highest BCUT2D eigenvalue weighted by Crippen LogP contribution is 2.16. The Bertz CT molecular complexity index is 830. The molecule has 160 valence electrons. The van der Waals surface area contributed by atoms with Crippen molar-refractivity contribution in [2.45, 2.75) is 20.4 Å². The van der Waals surface area contributed by atoms with E-state index in [1.165, 1.54) is 13.8 Å². The van der Waals surface area contributed by atoms with Gasteiger partial charge in [-0.25, -0.2) is 0 Å². The van der Waals surface area contributed by atoms with Gasteiger partial charge in [0.1, 0.15) is 13.2 Å². The number of anilines is 1. The lowest BCUT2D eigenvalue weighted by atomic mass is 10.1. The van der Waals surface area contributed by atoms with E-state index in [1.54, 1.807) is 0 Å². The van der Waals surface area contributed by atoms with E-state index < -0.39 is 0 Å². The number of carbonyl (C=O) groups excluding carboxylic acids is 2. The summed E-state index contributed by atoms with van der Waals surface area (Å²) in [6.07, 6.45) is 6.12. The Morgan fingerprint density at radius 2 is 1.60 bits per heavy atom. The lowest BCUT2D eigenvalue weighted by Gasteiger charge is -2.24. The Morgan fingerprint density at radius 3 is 2.17 bits per heavy atom. The molecule has 30 heavy (non-hydrogen) atoms. The fraction of sp³-hybridized carbons (Fsp3) is 0.348. The van der Waals surface area contributed by atoms with E-state index in [-0.39, 0.29) is 25.2 Å². The quantitative estimate of drug-likeness (QED) is 0.449. The van der Waals surface area contributed by atoms with Crippen LogP contribution in [0.1, 0.15) is 25.1 Å². The maximum atomic E-state index is 11.0. The van der Waals surface area contributed by atoms with Crippen LogP contribution in [-0.2, 0) is 25.6 Å². The van der Waals surface area contributed by atoms with E-state index in [9.17, 15) is 9.59 Å². The molecule has 1 aromatic carbocycles. The van der Waals surface area contributed by atoms with E-state index in [4.69, 9.17) is 15.2 Å². The molecule has 0 radical (unpaired) electrons. The first-order valence-electron chi connectivity index (χ1n) is 9.98. The summed E-state index contributed by atoms with van der Waals surface area (Å²) < 4.78 is 12.2. The average molecular weight is 413 g/mol. The molecule has 0 unspecified atom stereocenters. The van der Waals surface area contributed by atoms with Gasteiger partial charge in [-0.05, 0) is 29.8 Å². The molecule has 1 heterocycles. The first kappa shape index (κ1) is 23.1. The molecule has 0 bridgehead atoms. The predicted molar refractivity (Wildman–Crippen MR) is 117 cm³/mol. The molecule has 0 amide bonds. The lowest BCUT2D eigenvalue weighted by Crippen LogP contribution is -2.39. The molecule has 7 nitrogen and oxygen atoms in total. The van der Waals surface area contributed by atoms with Crippen LogP contribution >= 0.6 is 0 Å². The summed E-state index contributed by atoms with van der Waals surface area (Å²) in [5.74, 6) is -0.633. The predicted octanol–water partition coefficient (Wildman–Crippen LogP) is 2.04. The normalized spacial score (nSPS) is 10.8. The van der Waals surface area contributed by atoms with Gasteiger partial charge in [-0.2, -0.15) is 4.57 Å². The fourth-order valence-corrected chi connectivity index (χ4v) is 2.93. The topological polar surface area (TPSA) is 85.7 Å². The molecule has 2 aromatic rings. The maximum absolute atomic E-state index is 11.0. The number of esters is 2. The molecule has 1 aromatic heterocycles. The van der Waals surface area contributed by atoms with E-state index in [2.05, 4.69) is 10.6 Å². The molecule has 0 saturated carbocycles. The van der Waals surface area contributed by atoms with Gasteiger partial charge in [0, 0.05) is 37.7 Å². The first-order valence-corrected chi connectivity index (χ1v) is 9.98. The van der Waals surface area contributed by atoms with Crippen LogP contribution in [0.25, 0.3) is 12.2 Å². The minimum Gasteiger partial charge on any atom is -0.464 e. The molecular weight excluding hydrogens is 382 g/mol. The van der Waals surface area contributed by atoms with Gasteiger partial charge in [-0.15, -0.1) is 0 Å². The average Bonchev–Trinajstić information content (AvgIpc) is 2.72. The second-order valence-corrected chi connectivity index (χ2v) is 6.70. The monoisotopic (exact) mass is 412 g/mol. The van der Waals surface area contributed by atoms with E-state index >= 15 is 0 Å². The summed E-state index contributed by atoms with van der Waals surface area (Å²) >= 11 is 0. The van der Waals surface area contributed by atoms with Crippen LogP contribution in [-0.4, -0.2) is 44.8 Å². The van der Waals surface area contributed by atoms with Gasteiger partial charge in [0.2, 0.25) is 5.69 Å². The molecule has 0 fully saturated rings. The van der Waals surface area contributed by atoms with Crippen LogP contribution in [0.4, 0.5) is 5.69 Å². The highest BCUT2D eigenvalue weighted by Gasteiger charge is 2.09. The third kappa shape index (κ3) is 8.05. The van der Waals surface area contributed by atoms with Crippen LogP contribution < -0.4 is 15.2 Å². The number of aromatic nitrogens is 1. The SMILES string of the molecule is CC(=O)OCCN(CCOC(C)=O)c1ccc(/C=C/c2cccc[n+]2CCN)cc1. The van der Waals surface area contributed by atoms with E-state index in [1.807, 2.05) is 59.6 Å². The third-order valence-corrected chi connectivity index (χ3v) is 4.38. The standard InChI is InChI=1S/C23H30N3O4/c1-19(27)29-17-15-26(16-18-30-20(2)28)23-10-7-21(8-11-23)6-9-22-5-3-4-13-25(22)14-12-24/h3-11,13H,12,14-18,24H2,1-2H3/q+1. The summed E-state index contributed by atoms with van der Waals surface area (Å²) in [5.41, 5.74) is 8.78. The van der Waals surface area contributed by atoms with Crippen molar-refractivity contribution in [1.29, 1.82) is 0 Å². The summed E-state index contributed by atoms with van der Waals surface area (Å²) in [4.78, 5) is 24.1. The fourth-order valence-electron chi connectivity index (χ4n) is 2.93. The number of hydrogen-bond acceptors (Lipinski definition) is 6. The number of hydrogen-bond donors (Lipinski definition) is 1. The molecule has 0 aliphatic rings. The minimum atomic E-state index is -0.316. The molecule has 2 N–H and O–H groups in total. The van der Waals surface area contributed by atoms with Crippen LogP contribution in [0.5, 0.6) is 0 Å². The summed E-state index contributed by atoms with van der Waals surface area (Å²) in [6, 6.07) is 14.1. The minimum absolute atomic E-state index is 0.270. The van der Waals surface area contributed by atoms with Crippen LogP contribution in [0.15, 0.2) is 48.7 Å². The van der Waals surface area contributed by atoms with Gasteiger partial charge in [-0.1, -0.05) is 12.1 Å². The van der Waals surface area contributed by atoms with Gasteiger partial charge in [0.25, 0.3) is 0 Å². The van der Waals surface area contributed by atoms with E-state index in [0.29, 0.717) is 19.6 Å². The van der Waals surface area contributed by atoms with Crippen molar-refractivity contribution in [2.24, 2.45) is 5.73 Å². The molecule has 0 saturated heterocycles. The summed E-state index contributed by atoms with van der Waals surface area (Å²) in [5, 5.41) is 0. The second kappa shape index (κ2) is 12.4. The number of benzene rings is 1. The Labute approximate surface area is 177 Å². The van der Waals surface area contributed by atoms with Gasteiger partial charge in [0.15, 0.2) is 12.7 Å². The Morgan fingerprint density at radius 1 is 0.967 bits per heavy atom. The highest BCUT2D eigenvalue weighted by atomic mass is 16.5. The Kier molecular flexibility index (Phi) is 9.54. The lowest BCUT2D eigenvalue weighted by molar-refractivity contribution is -0.696. The number of carbonyl (C=O) groups is 2. The molecule has 0 aliphatic carbocycles. The smallest absolute Gasteiger partial charge is 0.302 e. The van der Waals surface area contributed by atoms with E-state index in [0.717, 1.165) is 23.5 Å². The van der Waals surface area contributed by atoms with Gasteiger partial charge < -0.3 is 20.1 Å². The van der Waals surface area contributed by atoms with Crippen molar-refractivity contribution in [1.82, 2.24) is 0 Å². The van der Waals surface area contributed by atoms with Crippen molar-refractivity contribution >= 4 is 29.8 Å². The number of pyridine rings is 1. The van der Waals surface area contributed by atoms with Crippen molar-refractivity contribution in [3.05, 3.63) is 59.9 Å². The van der Waals surface area contributed by atoms with Crippen molar-refractivity contribution in [2.75, 3.05) is 37.7 Å². The maximum Gasteiger partial charge on any atom is 0.302 e. The molecule has 2 rings (SSSR count). The Hall–Kier alpha value is -3.19. The summed E-state index contributed by atoms with van der Waals surface area (Å²) in [6.45, 7) is 5.68. The number of nitrogens with two attached hydrogens (primary N) is 1. The van der Waals surface area contributed by atoms with Crippen LogP contribution in [0.3, 0.4) is 0 Å². The highest BCUT2D eigenvalue weighted by molar-refractivity contribution is 5.68. The zero-order chi connectivity index (χ0) is 21.8. The zero-order valence-electron chi connectivity index (χ0n) is 17.6. The molecular formula is C23H30N3O4+. The van der Waals surface area contributed by atoms with Crippen molar-refractivity contribution in [3.63, 3.8) is 0 Å². The van der Waals surface area contributed by atoms with Gasteiger partial charge in [0.05, 0.1) is 19.6 Å². The van der Waals surface area contributed by atoms with Crippen LogP contribution in [0, 0.1) is 0 Å².